The third-order valence-corrected chi connectivity index (χ3v) is 3.14. The number of carbonyl (C=O) groups is 2. The van der Waals surface area contributed by atoms with Gasteiger partial charge in [-0.2, -0.15) is 0 Å². The zero-order valence-electron chi connectivity index (χ0n) is 13.6. The van der Waals surface area contributed by atoms with E-state index < -0.39 is 0 Å². The lowest BCUT2D eigenvalue weighted by Crippen LogP contribution is -2.20. The summed E-state index contributed by atoms with van der Waals surface area (Å²) in [6.07, 6.45) is 0.712. The topological polar surface area (TPSA) is 73.9 Å². The highest BCUT2D eigenvalue weighted by atomic mass is 16.5. The predicted octanol–water partition coefficient (Wildman–Crippen LogP) is 2.92. The highest BCUT2D eigenvalue weighted by molar-refractivity contribution is 5.93. The predicted molar refractivity (Wildman–Crippen MR) is 90.1 cm³/mol. The van der Waals surface area contributed by atoms with Crippen LogP contribution in [0.2, 0.25) is 0 Å². The minimum atomic E-state index is -0.330. The fourth-order valence-corrected chi connectivity index (χ4v) is 2.06. The molecule has 0 saturated carbocycles. The van der Waals surface area contributed by atoms with Crippen LogP contribution in [0.25, 0.3) is 0 Å². The van der Waals surface area contributed by atoms with E-state index in [-0.39, 0.29) is 12.5 Å². The molecule has 2 aromatic carbocycles. The fraction of sp³-hybridized carbons (Fsp3) is 0.222. The van der Waals surface area contributed by atoms with Crippen molar-refractivity contribution < 1.29 is 23.8 Å². The van der Waals surface area contributed by atoms with Crippen molar-refractivity contribution in [2.75, 3.05) is 25.6 Å². The van der Waals surface area contributed by atoms with E-state index in [0.29, 0.717) is 41.4 Å². The molecule has 0 aliphatic heterocycles. The van der Waals surface area contributed by atoms with Gasteiger partial charge >= 0.3 is 0 Å². The maximum Gasteiger partial charge on any atom is 0.262 e. The average molecular weight is 329 g/mol. The van der Waals surface area contributed by atoms with Crippen LogP contribution in [0.1, 0.15) is 17.3 Å². The maximum atomic E-state index is 12.1. The first-order valence-corrected chi connectivity index (χ1v) is 7.45. The normalized spacial score (nSPS) is 9.92. The number of benzene rings is 2. The van der Waals surface area contributed by atoms with Crippen LogP contribution in [0.3, 0.4) is 0 Å². The highest BCUT2D eigenvalue weighted by Crippen LogP contribution is 2.28. The Morgan fingerprint density at radius 2 is 1.88 bits per heavy atom. The van der Waals surface area contributed by atoms with Crippen LogP contribution in [-0.4, -0.2) is 32.5 Å². The van der Waals surface area contributed by atoms with E-state index in [9.17, 15) is 9.59 Å². The summed E-state index contributed by atoms with van der Waals surface area (Å²) >= 11 is 0. The second-order valence-corrected chi connectivity index (χ2v) is 4.79. The fourth-order valence-electron chi connectivity index (χ4n) is 2.06. The standard InChI is InChI=1S/C18H19NO5/c1-3-23-15-7-5-4-6-14(15)19-18(21)12-24-16-9-8-13(11-20)10-17(16)22-2/h4-11H,3,12H2,1-2H3,(H,19,21). The van der Waals surface area contributed by atoms with Gasteiger partial charge in [0, 0.05) is 5.56 Å². The maximum absolute atomic E-state index is 12.1. The van der Waals surface area contributed by atoms with E-state index in [2.05, 4.69) is 5.32 Å². The summed E-state index contributed by atoms with van der Waals surface area (Å²) in [7, 11) is 1.47. The van der Waals surface area contributed by atoms with Gasteiger partial charge in [0.2, 0.25) is 0 Å². The summed E-state index contributed by atoms with van der Waals surface area (Å²) < 4.78 is 16.1. The number of anilines is 1. The monoisotopic (exact) mass is 329 g/mol. The summed E-state index contributed by atoms with van der Waals surface area (Å²) in [6.45, 7) is 2.18. The van der Waals surface area contributed by atoms with Gasteiger partial charge in [-0.1, -0.05) is 12.1 Å². The second-order valence-electron chi connectivity index (χ2n) is 4.79. The van der Waals surface area contributed by atoms with Gasteiger partial charge in [0.05, 0.1) is 19.4 Å². The van der Waals surface area contributed by atoms with Crippen molar-refractivity contribution in [2.24, 2.45) is 0 Å². The van der Waals surface area contributed by atoms with Crippen LogP contribution in [0.5, 0.6) is 17.2 Å². The Balaban J connectivity index is 2.00. The number of hydrogen-bond donors (Lipinski definition) is 1. The van der Waals surface area contributed by atoms with Crippen LogP contribution in [0.4, 0.5) is 5.69 Å². The molecule has 2 aromatic rings. The summed E-state index contributed by atoms with van der Waals surface area (Å²) in [5.41, 5.74) is 1.05. The molecule has 2 rings (SSSR count). The van der Waals surface area contributed by atoms with Gasteiger partial charge in [-0.15, -0.1) is 0 Å². The average Bonchev–Trinajstić information content (AvgIpc) is 2.61. The van der Waals surface area contributed by atoms with Gasteiger partial charge in [-0.25, -0.2) is 0 Å². The molecule has 6 nitrogen and oxygen atoms in total. The quantitative estimate of drug-likeness (QED) is 0.754. The Bertz CT molecular complexity index is 714. The van der Waals surface area contributed by atoms with E-state index in [0.717, 1.165) is 0 Å². The number of aldehydes is 1. The zero-order chi connectivity index (χ0) is 17.4. The molecule has 1 N–H and O–H groups in total. The van der Waals surface area contributed by atoms with Crippen molar-refractivity contribution in [2.45, 2.75) is 6.92 Å². The SMILES string of the molecule is CCOc1ccccc1NC(=O)COc1ccc(C=O)cc1OC. The molecule has 0 heterocycles. The van der Waals surface area contributed by atoms with Crippen LogP contribution in [-0.2, 0) is 4.79 Å². The van der Waals surface area contributed by atoms with Gasteiger partial charge < -0.3 is 19.5 Å². The molecule has 126 valence electrons. The number of rotatable bonds is 8. The second kappa shape index (κ2) is 8.57. The number of methoxy groups -OCH3 is 1. The van der Waals surface area contributed by atoms with E-state index in [1.165, 1.54) is 7.11 Å². The molecule has 0 saturated heterocycles. The Morgan fingerprint density at radius 1 is 1.08 bits per heavy atom. The van der Waals surface area contributed by atoms with Crippen LogP contribution < -0.4 is 19.5 Å². The number of hydrogen-bond acceptors (Lipinski definition) is 5. The third-order valence-electron chi connectivity index (χ3n) is 3.14. The summed E-state index contributed by atoms with van der Waals surface area (Å²) in [5, 5.41) is 2.74. The Labute approximate surface area is 140 Å². The summed E-state index contributed by atoms with van der Waals surface area (Å²) in [6, 6.07) is 11.9. The van der Waals surface area contributed by atoms with E-state index in [4.69, 9.17) is 14.2 Å². The van der Waals surface area contributed by atoms with E-state index >= 15 is 0 Å². The number of nitrogens with one attached hydrogen (secondary N) is 1. The van der Waals surface area contributed by atoms with Crippen molar-refractivity contribution in [1.82, 2.24) is 0 Å². The molecule has 0 unspecified atom stereocenters. The number of carbonyl (C=O) groups excluding carboxylic acids is 2. The van der Waals surface area contributed by atoms with E-state index in [1.54, 1.807) is 36.4 Å². The Morgan fingerprint density at radius 3 is 2.58 bits per heavy atom. The number of amides is 1. The molecule has 0 atom stereocenters. The first-order chi connectivity index (χ1) is 11.7. The first-order valence-electron chi connectivity index (χ1n) is 7.45. The molecular weight excluding hydrogens is 310 g/mol. The zero-order valence-corrected chi connectivity index (χ0v) is 13.6. The van der Waals surface area contributed by atoms with Gasteiger partial charge in [0.15, 0.2) is 18.1 Å². The number of ether oxygens (including phenoxy) is 3. The molecule has 1 amide bonds. The van der Waals surface area contributed by atoms with Crippen molar-refractivity contribution in [3.63, 3.8) is 0 Å². The molecular formula is C18H19NO5. The summed E-state index contributed by atoms with van der Waals surface area (Å²) in [4.78, 5) is 22.8. The molecule has 0 fully saturated rings. The molecule has 0 spiro atoms. The van der Waals surface area contributed by atoms with Gasteiger partial charge in [-0.3, -0.25) is 9.59 Å². The lowest BCUT2D eigenvalue weighted by molar-refractivity contribution is -0.118. The molecule has 0 radical (unpaired) electrons. The largest absolute Gasteiger partial charge is 0.493 e. The van der Waals surface area contributed by atoms with E-state index in [1.807, 2.05) is 13.0 Å². The van der Waals surface area contributed by atoms with Gasteiger partial charge in [-0.05, 0) is 37.3 Å². The number of para-hydroxylation sites is 2. The lowest BCUT2D eigenvalue weighted by Gasteiger charge is -2.13. The third kappa shape index (κ3) is 4.49. The van der Waals surface area contributed by atoms with Gasteiger partial charge in [0.1, 0.15) is 12.0 Å². The molecule has 0 aliphatic rings. The van der Waals surface area contributed by atoms with Crippen LogP contribution >= 0.6 is 0 Å². The molecule has 6 heteroatoms. The Hall–Kier alpha value is -3.02. The summed E-state index contributed by atoms with van der Waals surface area (Å²) in [5.74, 6) is 1.04. The molecule has 24 heavy (non-hydrogen) atoms. The van der Waals surface area contributed by atoms with Crippen molar-refractivity contribution in [3.8, 4) is 17.2 Å². The van der Waals surface area contributed by atoms with Gasteiger partial charge in [0.25, 0.3) is 5.91 Å². The minimum absolute atomic E-state index is 0.197. The molecule has 0 aromatic heterocycles. The van der Waals surface area contributed by atoms with Crippen molar-refractivity contribution in [3.05, 3.63) is 48.0 Å². The lowest BCUT2D eigenvalue weighted by atomic mass is 10.2. The van der Waals surface area contributed by atoms with Crippen LogP contribution in [0.15, 0.2) is 42.5 Å². The highest BCUT2D eigenvalue weighted by Gasteiger charge is 2.11. The first kappa shape index (κ1) is 17.3. The van der Waals surface area contributed by atoms with Crippen molar-refractivity contribution in [1.29, 1.82) is 0 Å². The minimum Gasteiger partial charge on any atom is -0.493 e. The molecule has 0 aliphatic carbocycles. The van der Waals surface area contributed by atoms with Crippen LogP contribution in [0, 0.1) is 0 Å². The molecule has 0 bridgehead atoms. The Kier molecular flexibility index (Phi) is 6.19. The van der Waals surface area contributed by atoms with Crippen molar-refractivity contribution >= 4 is 17.9 Å². The smallest absolute Gasteiger partial charge is 0.262 e.